The van der Waals surface area contributed by atoms with Crippen LogP contribution in [0.1, 0.15) is 25.0 Å². The van der Waals surface area contributed by atoms with E-state index in [1.54, 1.807) is 14.2 Å². The summed E-state index contributed by atoms with van der Waals surface area (Å²) in [5, 5.41) is 0. The minimum atomic E-state index is -0.164. The Balaban J connectivity index is 2.39. The van der Waals surface area contributed by atoms with E-state index in [1.165, 1.54) is 0 Å². The van der Waals surface area contributed by atoms with Crippen LogP contribution in [0.25, 0.3) is 0 Å². The molecule has 5 heteroatoms. The molecule has 0 aromatic heterocycles. The summed E-state index contributed by atoms with van der Waals surface area (Å²) in [5.74, 6) is 0.803. The molecule has 0 radical (unpaired) electrons. The molecule has 0 bridgehead atoms. The second kappa shape index (κ2) is 10.6. The zero-order valence-corrected chi connectivity index (χ0v) is 13.2. The number of rotatable bonds is 11. The number of hydrogen-bond acceptors (Lipinski definition) is 5. The molecular formula is C16H27NO4. The summed E-state index contributed by atoms with van der Waals surface area (Å²) in [4.78, 5) is 0. The predicted molar refractivity (Wildman–Crippen MR) is 82.6 cm³/mol. The zero-order valence-electron chi connectivity index (χ0n) is 13.2. The number of ether oxygens (including phenoxy) is 4. The van der Waals surface area contributed by atoms with Crippen LogP contribution in [0.15, 0.2) is 24.3 Å². The first kappa shape index (κ1) is 17.9. The largest absolute Gasteiger partial charge is 0.497 e. The Labute approximate surface area is 127 Å². The summed E-state index contributed by atoms with van der Waals surface area (Å²) >= 11 is 0. The van der Waals surface area contributed by atoms with Crippen LogP contribution in [0.3, 0.4) is 0 Å². The monoisotopic (exact) mass is 297 g/mol. The van der Waals surface area contributed by atoms with Gasteiger partial charge in [-0.15, -0.1) is 0 Å². The van der Waals surface area contributed by atoms with E-state index in [9.17, 15) is 0 Å². The van der Waals surface area contributed by atoms with Crippen molar-refractivity contribution in [1.29, 1.82) is 0 Å². The summed E-state index contributed by atoms with van der Waals surface area (Å²) in [7, 11) is 3.33. The third-order valence-corrected chi connectivity index (χ3v) is 3.06. The van der Waals surface area contributed by atoms with Gasteiger partial charge in [0.1, 0.15) is 5.75 Å². The molecule has 2 atom stereocenters. The van der Waals surface area contributed by atoms with Crippen molar-refractivity contribution in [3.8, 4) is 5.75 Å². The lowest BCUT2D eigenvalue weighted by Crippen LogP contribution is -2.28. The number of benzene rings is 1. The molecular weight excluding hydrogens is 270 g/mol. The molecule has 0 amide bonds. The molecule has 2 unspecified atom stereocenters. The quantitative estimate of drug-likeness (QED) is 0.634. The first-order valence-electron chi connectivity index (χ1n) is 7.27. The second-order valence-corrected chi connectivity index (χ2v) is 4.89. The van der Waals surface area contributed by atoms with Gasteiger partial charge in [0.15, 0.2) is 0 Å². The molecule has 1 aromatic carbocycles. The lowest BCUT2D eigenvalue weighted by atomic mass is 10.0. The molecule has 5 nitrogen and oxygen atoms in total. The van der Waals surface area contributed by atoms with Crippen LogP contribution in [-0.2, 0) is 14.2 Å². The molecule has 0 fully saturated rings. The van der Waals surface area contributed by atoms with E-state index in [1.807, 2.05) is 31.2 Å². The fourth-order valence-electron chi connectivity index (χ4n) is 2.01. The Morgan fingerprint density at radius 1 is 1.10 bits per heavy atom. The standard InChI is InChI=1S/C16H27NO4/c1-13(17)16(14-6-4-7-15(12-14)19-3)21-11-10-20-9-5-8-18-2/h4,6-7,12-13,16H,5,8-11,17H2,1-3H3. The summed E-state index contributed by atoms with van der Waals surface area (Å²) in [6.07, 6.45) is 0.728. The van der Waals surface area contributed by atoms with Gasteiger partial charge < -0.3 is 24.7 Å². The highest BCUT2D eigenvalue weighted by Crippen LogP contribution is 2.24. The normalized spacial score (nSPS) is 13.9. The third-order valence-electron chi connectivity index (χ3n) is 3.06. The summed E-state index contributed by atoms with van der Waals surface area (Å²) in [6, 6.07) is 7.68. The smallest absolute Gasteiger partial charge is 0.119 e. The van der Waals surface area contributed by atoms with Crippen LogP contribution in [0.5, 0.6) is 5.75 Å². The van der Waals surface area contributed by atoms with Crippen molar-refractivity contribution in [2.75, 3.05) is 40.6 Å². The molecule has 0 aliphatic heterocycles. The van der Waals surface area contributed by atoms with Gasteiger partial charge in [-0.2, -0.15) is 0 Å². The van der Waals surface area contributed by atoms with E-state index in [2.05, 4.69) is 0 Å². The molecule has 1 rings (SSSR count). The van der Waals surface area contributed by atoms with Gasteiger partial charge in [0.25, 0.3) is 0 Å². The first-order chi connectivity index (χ1) is 10.2. The van der Waals surface area contributed by atoms with Gasteiger partial charge in [-0.25, -0.2) is 0 Å². The average Bonchev–Trinajstić information content (AvgIpc) is 2.49. The molecule has 0 saturated heterocycles. The first-order valence-corrected chi connectivity index (χ1v) is 7.27. The van der Waals surface area contributed by atoms with Gasteiger partial charge in [-0.3, -0.25) is 0 Å². The number of methoxy groups -OCH3 is 2. The van der Waals surface area contributed by atoms with Crippen LogP contribution in [0.4, 0.5) is 0 Å². The summed E-state index contributed by atoms with van der Waals surface area (Å²) in [6.45, 7) is 4.39. The topological polar surface area (TPSA) is 62.9 Å². The molecule has 0 aliphatic rings. The molecule has 2 N–H and O–H groups in total. The van der Waals surface area contributed by atoms with E-state index >= 15 is 0 Å². The summed E-state index contributed by atoms with van der Waals surface area (Å²) < 4.78 is 21.5. The Morgan fingerprint density at radius 2 is 1.90 bits per heavy atom. The average molecular weight is 297 g/mol. The van der Waals surface area contributed by atoms with Crippen molar-refractivity contribution < 1.29 is 18.9 Å². The number of nitrogens with two attached hydrogens (primary N) is 1. The Bertz CT molecular complexity index is 384. The van der Waals surface area contributed by atoms with Gasteiger partial charge in [-0.05, 0) is 31.0 Å². The van der Waals surface area contributed by atoms with Gasteiger partial charge >= 0.3 is 0 Å². The zero-order chi connectivity index (χ0) is 15.5. The van der Waals surface area contributed by atoms with E-state index in [-0.39, 0.29) is 12.1 Å². The van der Waals surface area contributed by atoms with Crippen molar-refractivity contribution >= 4 is 0 Å². The molecule has 21 heavy (non-hydrogen) atoms. The van der Waals surface area contributed by atoms with Crippen LogP contribution in [0, 0.1) is 0 Å². The minimum absolute atomic E-state index is 0.106. The Kier molecular flexibility index (Phi) is 9.01. The fourth-order valence-corrected chi connectivity index (χ4v) is 2.01. The summed E-state index contributed by atoms with van der Waals surface area (Å²) in [5.41, 5.74) is 7.03. The Morgan fingerprint density at radius 3 is 2.57 bits per heavy atom. The van der Waals surface area contributed by atoms with Crippen LogP contribution in [-0.4, -0.2) is 46.7 Å². The molecule has 0 saturated carbocycles. The van der Waals surface area contributed by atoms with Crippen LogP contribution < -0.4 is 10.5 Å². The van der Waals surface area contributed by atoms with Crippen molar-refractivity contribution in [2.24, 2.45) is 5.73 Å². The SMILES string of the molecule is COCCCOCCOC(c1cccc(OC)c1)C(C)N. The predicted octanol–water partition coefficient (Wildman–Crippen LogP) is 2.15. The highest BCUT2D eigenvalue weighted by Gasteiger charge is 2.17. The van der Waals surface area contributed by atoms with Gasteiger partial charge in [0.2, 0.25) is 0 Å². The highest BCUT2D eigenvalue weighted by molar-refractivity contribution is 5.30. The van der Waals surface area contributed by atoms with Crippen molar-refractivity contribution in [2.45, 2.75) is 25.5 Å². The molecule has 0 aliphatic carbocycles. The van der Waals surface area contributed by atoms with Gasteiger partial charge in [-0.1, -0.05) is 12.1 Å². The van der Waals surface area contributed by atoms with E-state index < -0.39 is 0 Å². The van der Waals surface area contributed by atoms with E-state index in [4.69, 9.17) is 24.7 Å². The molecule has 0 heterocycles. The lowest BCUT2D eigenvalue weighted by molar-refractivity contribution is -0.00769. The maximum absolute atomic E-state index is 6.02. The molecule has 0 spiro atoms. The lowest BCUT2D eigenvalue weighted by Gasteiger charge is -2.22. The third kappa shape index (κ3) is 6.91. The maximum Gasteiger partial charge on any atom is 0.119 e. The maximum atomic E-state index is 6.02. The van der Waals surface area contributed by atoms with Crippen molar-refractivity contribution in [1.82, 2.24) is 0 Å². The van der Waals surface area contributed by atoms with Crippen molar-refractivity contribution in [3.63, 3.8) is 0 Å². The van der Waals surface area contributed by atoms with Crippen molar-refractivity contribution in [3.05, 3.63) is 29.8 Å². The van der Waals surface area contributed by atoms with Gasteiger partial charge in [0, 0.05) is 26.4 Å². The van der Waals surface area contributed by atoms with E-state index in [0.717, 1.165) is 17.7 Å². The van der Waals surface area contributed by atoms with E-state index in [0.29, 0.717) is 26.4 Å². The number of hydrogen-bond donors (Lipinski definition) is 1. The fraction of sp³-hybridized carbons (Fsp3) is 0.625. The molecule has 1 aromatic rings. The second-order valence-electron chi connectivity index (χ2n) is 4.89. The van der Waals surface area contributed by atoms with Crippen LogP contribution >= 0.6 is 0 Å². The molecule has 120 valence electrons. The highest BCUT2D eigenvalue weighted by atomic mass is 16.5. The Hall–Kier alpha value is -1.14. The minimum Gasteiger partial charge on any atom is -0.497 e. The van der Waals surface area contributed by atoms with Gasteiger partial charge in [0.05, 0.1) is 26.4 Å². The van der Waals surface area contributed by atoms with Crippen LogP contribution in [0.2, 0.25) is 0 Å².